The molecule has 2 heterocycles. The lowest BCUT2D eigenvalue weighted by atomic mass is 10.0. The number of hydrogen-bond acceptors (Lipinski definition) is 3. The molecule has 1 N–H and O–H groups in total. The quantitative estimate of drug-likeness (QED) is 0.791. The van der Waals surface area contributed by atoms with E-state index in [4.69, 9.17) is 9.52 Å². The Kier molecular flexibility index (Phi) is 2.31. The molecule has 0 radical (unpaired) electrons. The number of carboxylic acid groups (broad SMARTS) is 1. The third-order valence-electron chi connectivity index (χ3n) is 2.23. The summed E-state index contributed by atoms with van der Waals surface area (Å²) in [5.74, 6) is 0.694. The Hall–Kier alpha value is -0.900. The van der Waals surface area contributed by atoms with Crippen LogP contribution in [-0.2, 0) is 4.79 Å². The van der Waals surface area contributed by atoms with Crippen LogP contribution in [0.5, 0.6) is 0 Å². The smallest absolute Gasteiger partial charge is 0.308 e. The Balaban J connectivity index is 2.19. The molecule has 3 nitrogen and oxygen atoms in total. The molecule has 1 saturated heterocycles. The highest BCUT2D eigenvalue weighted by Crippen LogP contribution is 2.44. The van der Waals surface area contributed by atoms with Gasteiger partial charge in [0.2, 0.25) is 0 Å². The van der Waals surface area contributed by atoms with Crippen LogP contribution in [0.25, 0.3) is 0 Å². The fourth-order valence-corrected chi connectivity index (χ4v) is 3.00. The normalized spacial score (nSPS) is 27.7. The molecule has 0 saturated carbocycles. The Morgan fingerprint density at radius 1 is 1.69 bits per heavy atom. The van der Waals surface area contributed by atoms with Gasteiger partial charge in [-0.3, -0.25) is 4.79 Å². The molecule has 0 spiro atoms. The zero-order chi connectivity index (χ0) is 9.26. The fourth-order valence-electron chi connectivity index (χ4n) is 1.58. The number of rotatable bonds is 2. The Morgan fingerprint density at radius 3 is 3.15 bits per heavy atom. The summed E-state index contributed by atoms with van der Waals surface area (Å²) in [7, 11) is 0. The molecule has 1 aliphatic rings. The molecule has 0 aliphatic carbocycles. The minimum atomic E-state index is -0.716. The molecule has 0 aromatic carbocycles. The van der Waals surface area contributed by atoms with Crippen molar-refractivity contribution < 1.29 is 14.3 Å². The molecule has 1 aromatic heterocycles. The summed E-state index contributed by atoms with van der Waals surface area (Å²) in [6, 6.07) is 3.64. The topological polar surface area (TPSA) is 50.4 Å². The number of thioether (sulfide) groups is 1. The second-order valence-electron chi connectivity index (χ2n) is 3.04. The van der Waals surface area contributed by atoms with Crippen molar-refractivity contribution in [3.63, 3.8) is 0 Å². The lowest BCUT2D eigenvalue weighted by Gasteiger charge is -2.11. The SMILES string of the molecule is O=C(O)C1CCSC1c1ccco1. The lowest BCUT2D eigenvalue weighted by molar-refractivity contribution is -0.141. The summed E-state index contributed by atoms with van der Waals surface area (Å²) in [6.07, 6.45) is 2.33. The van der Waals surface area contributed by atoms with Gasteiger partial charge in [-0.05, 0) is 24.3 Å². The van der Waals surface area contributed by atoms with Gasteiger partial charge in [-0.2, -0.15) is 0 Å². The van der Waals surface area contributed by atoms with E-state index in [9.17, 15) is 4.79 Å². The van der Waals surface area contributed by atoms with Gasteiger partial charge in [0.1, 0.15) is 5.76 Å². The van der Waals surface area contributed by atoms with E-state index >= 15 is 0 Å². The minimum Gasteiger partial charge on any atom is -0.481 e. The highest BCUT2D eigenvalue weighted by molar-refractivity contribution is 7.99. The van der Waals surface area contributed by atoms with Gasteiger partial charge in [0.05, 0.1) is 17.4 Å². The first-order valence-electron chi connectivity index (χ1n) is 4.17. The Bertz CT molecular complexity index is 294. The average Bonchev–Trinajstić information content (AvgIpc) is 2.74. The molecule has 1 fully saturated rings. The molecule has 0 amide bonds. The summed E-state index contributed by atoms with van der Waals surface area (Å²) in [5.41, 5.74) is 0. The van der Waals surface area contributed by atoms with Gasteiger partial charge in [0.15, 0.2) is 0 Å². The van der Waals surface area contributed by atoms with Crippen molar-refractivity contribution in [3.8, 4) is 0 Å². The van der Waals surface area contributed by atoms with Gasteiger partial charge in [-0.15, -0.1) is 11.8 Å². The zero-order valence-electron chi connectivity index (χ0n) is 6.97. The maximum atomic E-state index is 10.9. The van der Waals surface area contributed by atoms with Gasteiger partial charge >= 0.3 is 5.97 Å². The van der Waals surface area contributed by atoms with Crippen LogP contribution in [-0.4, -0.2) is 16.8 Å². The standard InChI is InChI=1S/C9H10O3S/c10-9(11)6-3-5-13-8(6)7-2-1-4-12-7/h1-2,4,6,8H,3,5H2,(H,10,11). The van der Waals surface area contributed by atoms with Crippen molar-refractivity contribution in [2.45, 2.75) is 11.7 Å². The third kappa shape index (κ3) is 1.58. The van der Waals surface area contributed by atoms with Gasteiger partial charge in [-0.1, -0.05) is 0 Å². The van der Waals surface area contributed by atoms with Gasteiger partial charge in [0.25, 0.3) is 0 Å². The van der Waals surface area contributed by atoms with Crippen molar-refractivity contribution in [1.82, 2.24) is 0 Å². The summed E-state index contributed by atoms with van der Waals surface area (Å²) in [6.45, 7) is 0. The predicted molar refractivity (Wildman–Crippen MR) is 49.6 cm³/mol. The van der Waals surface area contributed by atoms with Crippen LogP contribution in [0, 0.1) is 5.92 Å². The van der Waals surface area contributed by atoms with Crippen molar-refractivity contribution in [3.05, 3.63) is 24.2 Å². The number of furan rings is 1. The predicted octanol–water partition coefficient (Wildman–Crippen LogP) is 2.16. The summed E-state index contributed by atoms with van der Waals surface area (Å²) in [5, 5.41) is 8.93. The van der Waals surface area contributed by atoms with Crippen LogP contribution in [0.2, 0.25) is 0 Å². The van der Waals surface area contributed by atoms with Crippen molar-refractivity contribution in [2.75, 3.05) is 5.75 Å². The molecular weight excluding hydrogens is 188 g/mol. The Labute approximate surface area is 80.1 Å². The van der Waals surface area contributed by atoms with E-state index in [0.29, 0.717) is 0 Å². The molecule has 70 valence electrons. The molecule has 2 rings (SSSR count). The lowest BCUT2D eigenvalue weighted by Crippen LogP contribution is -2.15. The monoisotopic (exact) mass is 198 g/mol. The van der Waals surface area contributed by atoms with Crippen molar-refractivity contribution in [1.29, 1.82) is 0 Å². The van der Waals surface area contributed by atoms with E-state index in [2.05, 4.69) is 0 Å². The Morgan fingerprint density at radius 2 is 2.54 bits per heavy atom. The highest BCUT2D eigenvalue weighted by atomic mass is 32.2. The van der Waals surface area contributed by atoms with Gasteiger partial charge < -0.3 is 9.52 Å². The van der Waals surface area contributed by atoms with E-state index in [1.165, 1.54) is 0 Å². The zero-order valence-corrected chi connectivity index (χ0v) is 7.79. The van der Waals surface area contributed by atoms with Crippen LogP contribution >= 0.6 is 11.8 Å². The van der Waals surface area contributed by atoms with Crippen LogP contribution < -0.4 is 0 Å². The summed E-state index contributed by atoms with van der Waals surface area (Å²) in [4.78, 5) is 10.9. The van der Waals surface area contributed by atoms with E-state index < -0.39 is 5.97 Å². The number of aliphatic carboxylic acids is 1. The van der Waals surface area contributed by atoms with Gasteiger partial charge in [-0.25, -0.2) is 0 Å². The van der Waals surface area contributed by atoms with Crippen LogP contribution in [0.15, 0.2) is 22.8 Å². The number of carboxylic acids is 1. The largest absolute Gasteiger partial charge is 0.481 e. The molecule has 4 heteroatoms. The molecule has 1 aliphatic heterocycles. The molecular formula is C9H10O3S. The summed E-state index contributed by atoms with van der Waals surface area (Å²) < 4.78 is 5.21. The first-order valence-corrected chi connectivity index (χ1v) is 5.21. The molecule has 0 bridgehead atoms. The number of hydrogen-bond donors (Lipinski definition) is 1. The van der Waals surface area contributed by atoms with Crippen molar-refractivity contribution in [2.24, 2.45) is 5.92 Å². The summed E-state index contributed by atoms with van der Waals surface area (Å²) >= 11 is 1.66. The highest BCUT2D eigenvalue weighted by Gasteiger charge is 2.36. The van der Waals surface area contributed by atoms with Gasteiger partial charge in [0, 0.05) is 0 Å². The first kappa shape index (κ1) is 8.69. The first-order chi connectivity index (χ1) is 6.29. The molecule has 2 unspecified atom stereocenters. The molecule has 2 atom stereocenters. The van der Waals surface area contributed by atoms with E-state index in [1.807, 2.05) is 6.07 Å². The minimum absolute atomic E-state index is 0.00694. The third-order valence-corrected chi connectivity index (χ3v) is 3.62. The molecule has 13 heavy (non-hydrogen) atoms. The maximum absolute atomic E-state index is 10.9. The number of carbonyl (C=O) groups is 1. The van der Waals surface area contributed by atoms with E-state index in [-0.39, 0.29) is 11.2 Å². The van der Waals surface area contributed by atoms with Crippen molar-refractivity contribution >= 4 is 17.7 Å². The van der Waals surface area contributed by atoms with Crippen LogP contribution in [0.4, 0.5) is 0 Å². The van der Waals surface area contributed by atoms with Crippen LogP contribution in [0.3, 0.4) is 0 Å². The van der Waals surface area contributed by atoms with Crippen LogP contribution in [0.1, 0.15) is 17.4 Å². The average molecular weight is 198 g/mol. The van der Waals surface area contributed by atoms with E-state index in [0.717, 1.165) is 17.9 Å². The maximum Gasteiger partial charge on any atom is 0.308 e. The van der Waals surface area contributed by atoms with E-state index in [1.54, 1.807) is 24.1 Å². The fraction of sp³-hybridized carbons (Fsp3) is 0.444. The second kappa shape index (κ2) is 3.46. The molecule has 1 aromatic rings. The second-order valence-corrected chi connectivity index (χ2v) is 4.29.